The number of aliphatic imine (C=N–C) groups is 1. The maximum atomic E-state index is 12.3. The smallest absolute Gasteiger partial charge is 0.248 e. The molecule has 0 saturated heterocycles. The van der Waals surface area contributed by atoms with Crippen LogP contribution in [0.15, 0.2) is 94.9 Å². The van der Waals surface area contributed by atoms with E-state index in [1.54, 1.807) is 6.08 Å². The zero-order valence-corrected chi connectivity index (χ0v) is 17.0. The molecule has 6 heteroatoms. The summed E-state index contributed by atoms with van der Waals surface area (Å²) in [5.41, 5.74) is 5.71. The van der Waals surface area contributed by atoms with Gasteiger partial charge in [-0.3, -0.25) is 4.79 Å². The number of carbonyl (C=O) groups is 1. The predicted octanol–water partition coefficient (Wildman–Crippen LogP) is 2.87. The van der Waals surface area contributed by atoms with Crippen LogP contribution < -0.4 is 5.32 Å². The summed E-state index contributed by atoms with van der Waals surface area (Å²) in [4.78, 5) is 19.2. The molecule has 0 bridgehead atoms. The third kappa shape index (κ3) is 3.83. The van der Waals surface area contributed by atoms with Gasteiger partial charge in [-0.15, -0.1) is 0 Å². The lowest BCUT2D eigenvalue weighted by molar-refractivity contribution is -0.116. The van der Waals surface area contributed by atoms with Crippen LogP contribution in [0.1, 0.15) is 16.7 Å². The fraction of sp³-hybridized carbons (Fsp3) is 0.200. The van der Waals surface area contributed by atoms with Crippen LogP contribution >= 0.6 is 0 Å². The van der Waals surface area contributed by atoms with Gasteiger partial charge in [-0.1, -0.05) is 54.6 Å². The van der Waals surface area contributed by atoms with Crippen molar-refractivity contribution in [2.24, 2.45) is 10.9 Å². The first-order valence-corrected chi connectivity index (χ1v) is 10.3. The fourth-order valence-electron chi connectivity index (χ4n) is 4.15. The summed E-state index contributed by atoms with van der Waals surface area (Å²) in [5, 5.41) is 12.4. The van der Waals surface area contributed by atoms with Gasteiger partial charge in [-0.2, -0.15) is 0 Å². The summed E-state index contributed by atoms with van der Waals surface area (Å²) in [6.45, 7) is 1.70. The summed E-state index contributed by atoms with van der Waals surface area (Å²) in [6.07, 6.45) is 5.17. The minimum atomic E-state index is -0.137. The van der Waals surface area contributed by atoms with Crippen molar-refractivity contribution < 1.29 is 14.6 Å². The van der Waals surface area contributed by atoms with Gasteiger partial charge in [0, 0.05) is 41.6 Å². The van der Waals surface area contributed by atoms with Gasteiger partial charge in [-0.25, -0.2) is 4.99 Å². The highest BCUT2D eigenvalue weighted by atomic mass is 16.5. The molecule has 0 radical (unpaired) electrons. The molecular weight excluding hydrogens is 390 g/mol. The number of amidine groups is 1. The Hall–Kier alpha value is -3.48. The number of ether oxygens (including phenoxy) is 1. The Labute approximate surface area is 180 Å². The highest BCUT2D eigenvalue weighted by Crippen LogP contribution is 2.37. The van der Waals surface area contributed by atoms with Gasteiger partial charge in [0.2, 0.25) is 5.91 Å². The van der Waals surface area contributed by atoms with Gasteiger partial charge in [0.05, 0.1) is 25.5 Å². The average molecular weight is 413 g/mol. The second kappa shape index (κ2) is 8.34. The molecule has 3 heterocycles. The van der Waals surface area contributed by atoms with Gasteiger partial charge in [0.15, 0.2) is 0 Å². The van der Waals surface area contributed by atoms with E-state index in [-0.39, 0.29) is 18.4 Å². The zero-order valence-electron chi connectivity index (χ0n) is 17.0. The van der Waals surface area contributed by atoms with Crippen LogP contribution in [-0.2, 0) is 22.7 Å². The predicted molar refractivity (Wildman–Crippen MR) is 118 cm³/mol. The molecule has 1 atom stereocenters. The van der Waals surface area contributed by atoms with Crippen molar-refractivity contribution in [1.29, 1.82) is 0 Å². The van der Waals surface area contributed by atoms with Crippen LogP contribution in [0.2, 0.25) is 0 Å². The van der Waals surface area contributed by atoms with Crippen LogP contribution in [-0.4, -0.2) is 34.9 Å². The third-order valence-electron chi connectivity index (χ3n) is 5.69. The van der Waals surface area contributed by atoms with Crippen molar-refractivity contribution in [3.05, 3.63) is 107 Å². The first kappa shape index (κ1) is 19.5. The number of hydrogen-bond donors (Lipinski definition) is 2. The fourth-order valence-corrected chi connectivity index (χ4v) is 4.15. The van der Waals surface area contributed by atoms with E-state index in [1.165, 1.54) is 0 Å². The Morgan fingerprint density at radius 1 is 1.06 bits per heavy atom. The Morgan fingerprint density at radius 3 is 2.65 bits per heavy atom. The Bertz CT molecular complexity index is 1110. The van der Waals surface area contributed by atoms with E-state index in [0.717, 1.165) is 39.5 Å². The molecule has 31 heavy (non-hydrogen) atoms. The van der Waals surface area contributed by atoms with E-state index >= 15 is 0 Å². The molecule has 6 nitrogen and oxygen atoms in total. The maximum Gasteiger partial charge on any atom is 0.248 e. The number of carbonyl (C=O) groups excluding carboxylic acids is 1. The highest BCUT2D eigenvalue weighted by molar-refractivity contribution is 6.03. The highest BCUT2D eigenvalue weighted by Gasteiger charge is 2.38. The maximum absolute atomic E-state index is 12.3. The lowest BCUT2D eigenvalue weighted by Crippen LogP contribution is -2.33. The van der Waals surface area contributed by atoms with Gasteiger partial charge < -0.3 is 20.1 Å². The average Bonchev–Trinajstić information content (AvgIpc) is 3.06. The molecule has 2 aromatic rings. The monoisotopic (exact) mass is 413 g/mol. The second-order valence-corrected chi connectivity index (χ2v) is 7.79. The quantitative estimate of drug-likeness (QED) is 0.764. The van der Waals surface area contributed by atoms with Crippen LogP contribution in [0.5, 0.6) is 0 Å². The standard InChI is InChI=1S/C25H23N3O3/c29-14-17-6-8-19(9-7-17)25-26-12-20-10-11-22(30)27-23-21(13-28(25)24(20)23)16-31-15-18-4-2-1-3-5-18/h1-12,21,29H,13-16H2,(H,27,30)/t21-/m0/s1. The summed E-state index contributed by atoms with van der Waals surface area (Å²) in [7, 11) is 0. The molecule has 3 aliphatic heterocycles. The number of nitrogens with zero attached hydrogens (tertiary/aromatic N) is 2. The minimum Gasteiger partial charge on any atom is -0.392 e. The van der Waals surface area contributed by atoms with Crippen LogP contribution in [0.25, 0.3) is 0 Å². The second-order valence-electron chi connectivity index (χ2n) is 7.79. The van der Waals surface area contributed by atoms with Crippen LogP contribution in [0, 0.1) is 5.92 Å². The van der Waals surface area contributed by atoms with Gasteiger partial charge in [-0.05, 0) is 17.2 Å². The Kier molecular flexibility index (Phi) is 5.24. The number of allylic oxidation sites excluding steroid dienone is 1. The Balaban J connectivity index is 1.42. The van der Waals surface area contributed by atoms with Crippen molar-refractivity contribution in [1.82, 2.24) is 10.2 Å². The number of rotatable bonds is 6. The molecular formula is C25H23N3O3. The van der Waals surface area contributed by atoms with Crippen LogP contribution in [0.4, 0.5) is 0 Å². The summed E-state index contributed by atoms with van der Waals surface area (Å²) < 4.78 is 6.03. The summed E-state index contributed by atoms with van der Waals surface area (Å²) in [6, 6.07) is 17.8. The molecule has 0 aromatic heterocycles. The molecule has 3 aliphatic rings. The number of amides is 1. The topological polar surface area (TPSA) is 74.2 Å². The van der Waals surface area contributed by atoms with Crippen molar-refractivity contribution in [2.45, 2.75) is 13.2 Å². The SMILES string of the molecule is O=C1C=CC2=CN=C(c3ccc(CO)cc3)N3C[C@@H](COCc4ccccc4)C(=C23)N1. The lowest BCUT2D eigenvalue weighted by Gasteiger charge is -2.28. The lowest BCUT2D eigenvalue weighted by atomic mass is 10.1. The first-order valence-electron chi connectivity index (χ1n) is 10.3. The number of hydrogen-bond acceptors (Lipinski definition) is 5. The van der Waals surface area contributed by atoms with Crippen molar-refractivity contribution in [3.63, 3.8) is 0 Å². The molecule has 0 saturated carbocycles. The molecule has 2 N–H and O–H groups in total. The van der Waals surface area contributed by atoms with E-state index in [4.69, 9.17) is 9.73 Å². The van der Waals surface area contributed by atoms with Crippen LogP contribution in [0.3, 0.4) is 0 Å². The van der Waals surface area contributed by atoms with E-state index in [1.807, 2.05) is 66.9 Å². The number of nitrogens with one attached hydrogen (secondary N) is 1. The molecule has 0 unspecified atom stereocenters. The Morgan fingerprint density at radius 2 is 1.87 bits per heavy atom. The summed E-state index contributed by atoms with van der Waals surface area (Å²) in [5.74, 6) is 0.711. The summed E-state index contributed by atoms with van der Waals surface area (Å²) >= 11 is 0. The molecule has 156 valence electrons. The number of aliphatic hydroxyl groups excluding tert-OH is 1. The molecule has 0 aliphatic carbocycles. The zero-order chi connectivity index (χ0) is 21.2. The molecule has 5 rings (SSSR count). The normalized spacial score (nSPS) is 19.6. The largest absolute Gasteiger partial charge is 0.392 e. The molecule has 0 spiro atoms. The third-order valence-corrected chi connectivity index (χ3v) is 5.69. The van der Waals surface area contributed by atoms with Gasteiger partial charge in [0.25, 0.3) is 0 Å². The van der Waals surface area contributed by atoms with E-state index in [2.05, 4.69) is 10.2 Å². The van der Waals surface area contributed by atoms with E-state index in [0.29, 0.717) is 19.8 Å². The first-order chi connectivity index (χ1) is 15.2. The van der Waals surface area contributed by atoms with Gasteiger partial charge in [0.1, 0.15) is 5.84 Å². The van der Waals surface area contributed by atoms with Crippen molar-refractivity contribution in [3.8, 4) is 0 Å². The molecule has 2 aromatic carbocycles. The number of aliphatic hydroxyl groups is 1. The molecule has 0 fully saturated rings. The van der Waals surface area contributed by atoms with E-state index in [9.17, 15) is 9.90 Å². The van der Waals surface area contributed by atoms with Crippen molar-refractivity contribution in [2.75, 3.05) is 13.2 Å². The minimum absolute atomic E-state index is 0.00742. The van der Waals surface area contributed by atoms with Crippen molar-refractivity contribution >= 4 is 11.7 Å². The number of benzene rings is 2. The molecule has 1 amide bonds. The van der Waals surface area contributed by atoms with E-state index < -0.39 is 0 Å². The van der Waals surface area contributed by atoms with Gasteiger partial charge >= 0.3 is 0 Å².